The van der Waals surface area contributed by atoms with Gasteiger partial charge in [-0.25, -0.2) is 38.7 Å². The van der Waals surface area contributed by atoms with Gasteiger partial charge in [0, 0.05) is 6.42 Å². The molecule has 0 spiro atoms. The van der Waals surface area contributed by atoms with Gasteiger partial charge in [-0.2, -0.15) is 0 Å². The fraction of sp³-hybridized carbons (Fsp3) is 0.500. The van der Waals surface area contributed by atoms with Gasteiger partial charge >= 0.3 is 29.8 Å². The van der Waals surface area contributed by atoms with Crippen molar-refractivity contribution >= 4 is 36.1 Å². The third-order valence-electron chi connectivity index (χ3n) is 2.92. The Labute approximate surface area is 143 Å². The number of aldehydes is 1. The van der Waals surface area contributed by atoms with Gasteiger partial charge in [-0.1, -0.05) is 0 Å². The number of rotatable bonds is 4. The Hall–Kier alpha value is -3.10. The minimum atomic E-state index is -2.99. The molecule has 0 saturated carbocycles. The lowest BCUT2D eigenvalue weighted by Gasteiger charge is -2.24. The highest BCUT2D eigenvalue weighted by Crippen LogP contribution is 2.23. The molecule has 0 aromatic heterocycles. The molecule has 146 valence electrons. The number of carbonyl (C=O) groups is 6. The van der Waals surface area contributed by atoms with Gasteiger partial charge < -0.3 is 25.6 Å². The van der Waals surface area contributed by atoms with Crippen molar-refractivity contribution in [1.29, 1.82) is 0 Å². The summed E-state index contributed by atoms with van der Waals surface area (Å²) in [4.78, 5) is 83.3. The molecule has 1 saturated heterocycles. The Morgan fingerprint density at radius 1 is 0.923 bits per heavy atom. The largest absolute Gasteiger partial charge is 0.481 e. The van der Waals surface area contributed by atoms with E-state index in [1.54, 1.807) is 0 Å². The molecular weight excluding hydrogens is 368 g/mol. The van der Waals surface area contributed by atoms with Crippen molar-refractivity contribution in [2.45, 2.75) is 36.9 Å². The third-order valence-corrected chi connectivity index (χ3v) is 2.92. The summed E-state index contributed by atoms with van der Waals surface area (Å²) >= 11 is 0. The van der Waals surface area contributed by atoms with Crippen LogP contribution in [0.4, 0.5) is 0 Å². The average molecular weight is 382 g/mol. The first kappa shape index (κ1) is 22.9. The van der Waals surface area contributed by atoms with Crippen LogP contribution >= 0.6 is 0 Å². The summed E-state index contributed by atoms with van der Waals surface area (Å²) in [7, 11) is 0. The maximum Gasteiger partial charge on any atom is 0.387 e. The van der Waals surface area contributed by atoms with Gasteiger partial charge in [0.05, 0.1) is 19.3 Å². The van der Waals surface area contributed by atoms with Crippen LogP contribution in [0.1, 0.15) is 25.7 Å². The van der Waals surface area contributed by atoms with Crippen molar-refractivity contribution in [3.8, 4) is 0 Å². The zero-order chi connectivity index (χ0) is 19.3. The molecule has 5 N–H and O–H groups in total. The van der Waals surface area contributed by atoms with Crippen molar-refractivity contribution < 1.29 is 69.1 Å². The predicted molar refractivity (Wildman–Crippen MR) is 70.0 cm³/mol. The Balaban J connectivity index is 0.00000625. The minimum absolute atomic E-state index is 0. The Bertz CT molecular complexity index is 611. The van der Waals surface area contributed by atoms with E-state index in [2.05, 4.69) is 19.6 Å². The molecule has 2 atom stereocenters. The molecule has 1 aliphatic heterocycles. The molecule has 0 aromatic rings. The van der Waals surface area contributed by atoms with Crippen LogP contribution < -0.4 is 0 Å². The lowest BCUT2D eigenvalue weighted by atomic mass is 9.96. The molecular formula is C12H14O14. The van der Waals surface area contributed by atoms with E-state index in [9.17, 15) is 39.0 Å². The highest BCUT2D eigenvalue weighted by Gasteiger charge is 2.47. The third kappa shape index (κ3) is 5.76. The first-order valence-electron chi connectivity index (χ1n) is 6.46. The Morgan fingerprint density at radius 3 is 1.77 bits per heavy atom. The molecule has 1 aliphatic rings. The zero-order valence-electron chi connectivity index (χ0n) is 12.8. The molecule has 1 heterocycles. The van der Waals surface area contributed by atoms with Crippen LogP contribution in [0.5, 0.6) is 0 Å². The summed E-state index contributed by atoms with van der Waals surface area (Å²) in [6, 6.07) is 0. The number of aliphatic hydroxyl groups is 2. The standard InChI is InChI=1S/C12H12O13.H2O/c13-2-1-11(20)4-7(16)22-25-10(19)12(21,3-6(14)15)5-8(17)23-24-9(11)18;/h2,20-21H,1,3-5H2,(H,14,15);1H2. The molecule has 14 nitrogen and oxygen atoms in total. The second kappa shape index (κ2) is 8.84. The summed E-state index contributed by atoms with van der Waals surface area (Å²) in [6.45, 7) is 0. The highest BCUT2D eigenvalue weighted by atomic mass is 17.2. The van der Waals surface area contributed by atoms with Gasteiger partial charge in [0.1, 0.15) is 6.29 Å². The van der Waals surface area contributed by atoms with Gasteiger partial charge in [-0.15, -0.1) is 0 Å². The lowest BCUT2D eigenvalue weighted by molar-refractivity contribution is -0.287. The summed E-state index contributed by atoms with van der Waals surface area (Å²) < 4.78 is 0. The normalized spacial score (nSPS) is 27.3. The second-order valence-electron chi connectivity index (χ2n) is 5.01. The zero-order valence-corrected chi connectivity index (χ0v) is 12.8. The van der Waals surface area contributed by atoms with Crippen LogP contribution in [-0.2, 0) is 48.3 Å². The van der Waals surface area contributed by atoms with E-state index in [0.29, 0.717) is 0 Å². The molecule has 1 rings (SSSR count). The van der Waals surface area contributed by atoms with E-state index < -0.39 is 66.7 Å². The maximum absolute atomic E-state index is 11.7. The molecule has 1 fully saturated rings. The number of aliphatic carboxylic acids is 1. The first-order valence-corrected chi connectivity index (χ1v) is 6.46. The smallest absolute Gasteiger partial charge is 0.387 e. The van der Waals surface area contributed by atoms with Gasteiger partial charge in [0.15, 0.2) is 11.2 Å². The van der Waals surface area contributed by atoms with E-state index in [1.807, 2.05) is 0 Å². The van der Waals surface area contributed by atoms with E-state index in [4.69, 9.17) is 5.11 Å². The first-order chi connectivity index (χ1) is 11.5. The van der Waals surface area contributed by atoms with Crippen LogP contribution in [0.3, 0.4) is 0 Å². The molecule has 0 radical (unpaired) electrons. The summed E-state index contributed by atoms with van der Waals surface area (Å²) in [5.41, 5.74) is -5.77. The topological polar surface area (TPSA) is 232 Å². The van der Waals surface area contributed by atoms with E-state index in [1.165, 1.54) is 0 Å². The maximum atomic E-state index is 11.7. The van der Waals surface area contributed by atoms with Gasteiger partial charge in [-0.3, -0.25) is 4.79 Å². The summed E-state index contributed by atoms with van der Waals surface area (Å²) in [6.07, 6.45) is -4.82. The predicted octanol–water partition coefficient (Wildman–Crippen LogP) is -3.52. The molecule has 0 aliphatic carbocycles. The molecule has 0 aromatic carbocycles. The van der Waals surface area contributed by atoms with Crippen LogP contribution in [-0.4, -0.2) is 68.1 Å². The Kier molecular flexibility index (Phi) is 7.78. The Morgan fingerprint density at radius 2 is 1.35 bits per heavy atom. The van der Waals surface area contributed by atoms with E-state index in [0.717, 1.165) is 0 Å². The summed E-state index contributed by atoms with van der Waals surface area (Å²) in [5.74, 6) is -8.40. The van der Waals surface area contributed by atoms with Crippen molar-refractivity contribution in [2.24, 2.45) is 0 Å². The molecule has 0 bridgehead atoms. The van der Waals surface area contributed by atoms with Crippen LogP contribution in [0.2, 0.25) is 0 Å². The second-order valence-corrected chi connectivity index (χ2v) is 5.01. The molecule has 14 heteroatoms. The number of carboxylic acid groups (broad SMARTS) is 1. The van der Waals surface area contributed by atoms with Crippen LogP contribution in [0.15, 0.2) is 0 Å². The van der Waals surface area contributed by atoms with Crippen molar-refractivity contribution in [3.63, 3.8) is 0 Å². The number of hydrogen-bond donors (Lipinski definition) is 3. The number of hydrogen-bond acceptors (Lipinski definition) is 12. The minimum Gasteiger partial charge on any atom is -0.481 e. The number of carbonyl (C=O) groups excluding carboxylic acids is 5. The molecule has 0 amide bonds. The molecule has 2 unspecified atom stereocenters. The fourth-order valence-electron chi connectivity index (χ4n) is 1.68. The monoisotopic (exact) mass is 382 g/mol. The van der Waals surface area contributed by atoms with Crippen molar-refractivity contribution in [2.75, 3.05) is 0 Å². The molecule has 26 heavy (non-hydrogen) atoms. The quantitative estimate of drug-likeness (QED) is 0.316. The fourth-order valence-corrected chi connectivity index (χ4v) is 1.68. The van der Waals surface area contributed by atoms with Crippen LogP contribution in [0, 0.1) is 0 Å². The average Bonchev–Trinajstić information content (AvgIpc) is 2.48. The van der Waals surface area contributed by atoms with Gasteiger partial charge in [-0.05, 0) is 0 Å². The SMILES string of the molecule is O.O=CCC1(O)CC(=O)OOC(=O)C(O)(CC(=O)O)CC(=O)OOC1=O. The van der Waals surface area contributed by atoms with E-state index in [-0.39, 0.29) is 11.8 Å². The van der Waals surface area contributed by atoms with Crippen molar-refractivity contribution in [1.82, 2.24) is 0 Å². The van der Waals surface area contributed by atoms with Crippen molar-refractivity contribution in [3.05, 3.63) is 0 Å². The highest BCUT2D eigenvalue weighted by molar-refractivity contribution is 5.91. The number of carboxylic acids is 1. The van der Waals surface area contributed by atoms with Gasteiger partial charge in [0.25, 0.3) is 0 Å². The lowest BCUT2D eigenvalue weighted by Crippen LogP contribution is -2.47. The van der Waals surface area contributed by atoms with Crippen LogP contribution in [0.25, 0.3) is 0 Å². The van der Waals surface area contributed by atoms with Gasteiger partial charge in [0.2, 0.25) is 0 Å². The van der Waals surface area contributed by atoms with E-state index >= 15 is 0 Å². The summed E-state index contributed by atoms with van der Waals surface area (Å²) in [5, 5.41) is 28.5.